The molecule has 0 aliphatic rings. The number of aryl methyl sites for hydroxylation is 4. The molecule has 2 aromatic heterocycles. The van der Waals surface area contributed by atoms with Gasteiger partial charge in [-0.25, -0.2) is 19.1 Å². The van der Waals surface area contributed by atoms with Gasteiger partial charge in [-0.2, -0.15) is 0 Å². The summed E-state index contributed by atoms with van der Waals surface area (Å²) in [7, 11) is 4.07. The van der Waals surface area contributed by atoms with Crippen molar-refractivity contribution in [2.24, 2.45) is 14.1 Å². The molecule has 2 heterocycles. The summed E-state index contributed by atoms with van der Waals surface area (Å²) in [5.74, 6) is -0.500. The molecule has 8 nitrogen and oxygen atoms in total. The number of aromatic amines is 2. The average molecular weight is 386 g/mol. The lowest BCUT2D eigenvalue weighted by atomic mass is 10.1. The predicted octanol–water partition coefficient (Wildman–Crippen LogP) is -0.783. The Morgan fingerprint density at radius 1 is 0.821 bits per heavy atom. The van der Waals surface area contributed by atoms with Crippen LogP contribution in [0.25, 0.3) is 0 Å². The number of carbonyl (C=O) groups is 2. The first-order chi connectivity index (χ1) is 13.3. The van der Waals surface area contributed by atoms with Crippen LogP contribution >= 0.6 is 0 Å². The molecule has 0 spiro atoms. The Balaban J connectivity index is 0.000000217. The summed E-state index contributed by atoms with van der Waals surface area (Å²) in [4.78, 5) is 26.9. The highest BCUT2D eigenvalue weighted by Crippen LogP contribution is 2.05. The molecule has 0 fully saturated rings. The summed E-state index contributed by atoms with van der Waals surface area (Å²) >= 11 is 0. The molecular formula is C20H26N4O4. The van der Waals surface area contributed by atoms with Crippen molar-refractivity contribution in [2.75, 3.05) is 0 Å². The topological polar surface area (TPSA) is 120 Å². The first-order valence-electron chi connectivity index (χ1n) is 8.87. The Morgan fingerprint density at radius 2 is 1.18 bits per heavy atom. The second-order valence-electron chi connectivity index (χ2n) is 5.86. The zero-order valence-corrected chi connectivity index (χ0v) is 16.6. The first kappa shape index (κ1) is 22.6. The van der Waals surface area contributed by atoms with Gasteiger partial charge >= 0.3 is 0 Å². The van der Waals surface area contributed by atoms with Crippen LogP contribution in [0.1, 0.15) is 46.2 Å². The van der Waals surface area contributed by atoms with Gasteiger partial charge in [0.2, 0.25) is 0 Å². The second kappa shape index (κ2) is 11.3. The highest BCUT2D eigenvalue weighted by molar-refractivity contribution is 5.99. The van der Waals surface area contributed by atoms with Crippen molar-refractivity contribution < 1.29 is 28.9 Å². The van der Waals surface area contributed by atoms with Gasteiger partial charge in [0.1, 0.15) is 24.8 Å². The number of carboxylic acids is 2. The van der Waals surface area contributed by atoms with Gasteiger partial charge in [-0.1, -0.05) is 38.1 Å². The third-order valence-electron chi connectivity index (χ3n) is 3.98. The molecule has 0 atom stereocenters. The van der Waals surface area contributed by atoms with Crippen molar-refractivity contribution in [3.63, 3.8) is 0 Å². The summed E-state index contributed by atoms with van der Waals surface area (Å²) < 4.78 is 4.17. The largest absolute Gasteiger partial charge is 0.545 e. The van der Waals surface area contributed by atoms with Gasteiger partial charge in [0.05, 0.1) is 26.0 Å². The number of imidazole rings is 2. The molecule has 0 saturated heterocycles. The number of nitrogens with one attached hydrogen (secondary N) is 2. The standard InChI is InChI=1S/C8H6O4.2C6H10N2/c9-7(10)5-3-1-2-4-6(5)8(11)12;2*1-3-6-7-4-5-8(6)2/h1-4H,(H,9,10)(H,11,12);2*4-5H,3H2,1-2H3. The number of hydrogen-bond donors (Lipinski definition) is 2. The van der Waals surface area contributed by atoms with E-state index in [1.807, 2.05) is 38.9 Å². The van der Waals surface area contributed by atoms with Gasteiger partial charge in [-0.3, -0.25) is 0 Å². The number of carboxylic acid groups (broad SMARTS) is 2. The Bertz CT molecular complexity index is 826. The third-order valence-corrected chi connectivity index (χ3v) is 3.98. The highest BCUT2D eigenvalue weighted by Gasteiger charge is 2.02. The average Bonchev–Trinajstić information content (AvgIpc) is 3.29. The molecule has 0 aliphatic carbocycles. The van der Waals surface area contributed by atoms with Crippen molar-refractivity contribution >= 4 is 11.9 Å². The Hall–Kier alpha value is -3.42. The molecule has 28 heavy (non-hydrogen) atoms. The van der Waals surface area contributed by atoms with Crippen molar-refractivity contribution in [3.05, 3.63) is 71.8 Å². The van der Waals surface area contributed by atoms with Crippen LogP contribution in [0.15, 0.2) is 49.1 Å². The Kier molecular flexibility index (Phi) is 9.15. The fourth-order valence-electron chi connectivity index (χ4n) is 2.42. The maximum atomic E-state index is 10.3. The van der Waals surface area contributed by atoms with Crippen molar-refractivity contribution in [2.45, 2.75) is 26.7 Å². The van der Waals surface area contributed by atoms with E-state index in [0.29, 0.717) is 0 Å². The lowest BCUT2D eigenvalue weighted by Crippen LogP contribution is -2.29. The van der Waals surface area contributed by atoms with Crippen molar-refractivity contribution in [3.8, 4) is 0 Å². The molecule has 0 radical (unpaired) electrons. The molecule has 0 unspecified atom stereocenters. The number of nitrogens with zero attached hydrogens (tertiary/aromatic N) is 2. The van der Waals surface area contributed by atoms with Gasteiger partial charge in [-0.05, 0) is 0 Å². The number of aromatic carboxylic acids is 2. The fourth-order valence-corrected chi connectivity index (χ4v) is 2.42. The van der Waals surface area contributed by atoms with E-state index in [2.05, 4.69) is 32.9 Å². The Morgan fingerprint density at radius 3 is 1.36 bits per heavy atom. The number of carbonyl (C=O) groups excluding carboxylic acids is 2. The van der Waals surface area contributed by atoms with E-state index in [4.69, 9.17) is 0 Å². The van der Waals surface area contributed by atoms with Crippen LogP contribution in [0, 0.1) is 0 Å². The summed E-state index contributed by atoms with van der Waals surface area (Å²) in [6.45, 7) is 4.26. The number of H-pyrrole nitrogens is 2. The van der Waals surface area contributed by atoms with Gasteiger partial charge in [0, 0.05) is 24.0 Å². The molecule has 8 heteroatoms. The van der Waals surface area contributed by atoms with Crippen LogP contribution in [0.4, 0.5) is 0 Å². The summed E-state index contributed by atoms with van der Waals surface area (Å²) in [6.07, 6.45) is 10.1. The van der Waals surface area contributed by atoms with Crippen molar-refractivity contribution in [1.82, 2.24) is 9.97 Å². The zero-order chi connectivity index (χ0) is 21.1. The second-order valence-corrected chi connectivity index (χ2v) is 5.86. The molecule has 3 rings (SSSR count). The number of benzene rings is 1. The lowest BCUT2D eigenvalue weighted by Gasteiger charge is -2.09. The molecule has 0 bridgehead atoms. The van der Waals surface area contributed by atoms with Gasteiger partial charge in [-0.15, -0.1) is 0 Å². The minimum atomic E-state index is -1.52. The molecule has 0 saturated carbocycles. The number of aromatic nitrogens is 4. The summed E-state index contributed by atoms with van der Waals surface area (Å²) in [5.41, 5.74) is -0.727. The van der Waals surface area contributed by atoms with Gasteiger partial charge < -0.3 is 19.8 Å². The van der Waals surface area contributed by atoms with Crippen LogP contribution < -0.4 is 19.3 Å². The molecule has 2 N–H and O–H groups in total. The number of hydrogen-bond acceptors (Lipinski definition) is 4. The molecule has 1 aromatic carbocycles. The van der Waals surface area contributed by atoms with E-state index < -0.39 is 11.9 Å². The van der Waals surface area contributed by atoms with E-state index in [1.54, 1.807) is 0 Å². The third kappa shape index (κ3) is 6.71. The van der Waals surface area contributed by atoms with Crippen LogP contribution in [0.5, 0.6) is 0 Å². The lowest BCUT2D eigenvalue weighted by molar-refractivity contribution is -0.677. The van der Waals surface area contributed by atoms with Gasteiger partial charge in [0.15, 0.2) is 0 Å². The van der Waals surface area contributed by atoms with E-state index in [0.717, 1.165) is 25.0 Å². The maximum Gasteiger partial charge on any atom is 0.253 e. The minimum Gasteiger partial charge on any atom is -0.545 e. The summed E-state index contributed by atoms with van der Waals surface area (Å²) in [5, 5.41) is 20.6. The predicted molar refractivity (Wildman–Crippen MR) is 97.8 cm³/mol. The Labute approximate surface area is 164 Å². The molecule has 0 aliphatic heterocycles. The van der Waals surface area contributed by atoms with Gasteiger partial charge in [0.25, 0.3) is 11.6 Å². The fraction of sp³-hybridized carbons (Fsp3) is 0.300. The van der Waals surface area contributed by atoms with Crippen LogP contribution in [0.2, 0.25) is 0 Å². The van der Waals surface area contributed by atoms with Crippen LogP contribution in [-0.4, -0.2) is 21.9 Å². The molecule has 150 valence electrons. The van der Waals surface area contributed by atoms with Crippen LogP contribution in [-0.2, 0) is 26.9 Å². The minimum absolute atomic E-state index is 0.363. The normalized spacial score (nSPS) is 9.57. The quantitative estimate of drug-likeness (QED) is 0.571. The highest BCUT2D eigenvalue weighted by atomic mass is 16.4. The van der Waals surface area contributed by atoms with E-state index in [9.17, 15) is 19.8 Å². The van der Waals surface area contributed by atoms with E-state index in [-0.39, 0.29) is 11.1 Å². The molecule has 3 aromatic rings. The smallest absolute Gasteiger partial charge is 0.253 e. The monoisotopic (exact) mass is 386 g/mol. The van der Waals surface area contributed by atoms with E-state index in [1.165, 1.54) is 23.8 Å². The summed E-state index contributed by atoms with van der Waals surface area (Å²) in [6, 6.07) is 5.14. The van der Waals surface area contributed by atoms with E-state index >= 15 is 0 Å². The molecule has 0 amide bonds. The van der Waals surface area contributed by atoms with Crippen LogP contribution in [0.3, 0.4) is 0 Å². The molecular weight excluding hydrogens is 360 g/mol. The first-order valence-corrected chi connectivity index (χ1v) is 8.87. The maximum absolute atomic E-state index is 10.3. The SMILES string of the molecule is CCc1[nH]cc[n+]1C.CCc1[nH]cc[n+]1C.O=C([O-])c1ccccc1C(=O)[O-]. The van der Waals surface area contributed by atoms with Crippen molar-refractivity contribution in [1.29, 1.82) is 0 Å². The zero-order valence-electron chi connectivity index (χ0n) is 16.6. The number of rotatable bonds is 4.